The molecule has 0 aromatic heterocycles. The van der Waals surface area contributed by atoms with E-state index < -0.39 is 11.9 Å². The first-order valence-corrected chi connectivity index (χ1v) is 16.7. The summed E-state index contributed by atoms with van der Waals surface area (Å²) in [5.41, 5.74) is 4.88. The molecule has 1 heterocycles. The standard InChI is InChI=1S/C43H36O8/c44-34-12-6-4-10-28(34)18-25-14-16-36(46)30(19-25)20-26-15-17-37(47)31(21-26)23-32-41(49)33(22-29-11-5-7-13-35(29)45)43-40(42(32)50)38(48)24-39(51-43)27-8-2-1-3-9-27/h1-17,19,21,39,44-47,49-50H,18,20,22-24H2. The predicted octanol–water partition coefficient (Wildman–Crippen LogP) is 7.99. The van der Waals surface area contributed by atoms with E-state index in [0.29, 0.717) is 29.5 Å². The maximum Gasteiger partial charge on any atom is 0.174 e. The smallest absolute Gasteiger partial charge is 0.174 e. The summed E-state index contributed by atoms with van der Waals surface area (Å²) in [6, 6.07) is 33.2. The molecule has 8 heteroatoms. The minimum atomic E-state index is -0.645. The van der Waals surface area contributed by atoms with Crippen LogP contribution in [-0.2, 0) is 25.7 Å². The summed E-state index contributed by atoms with van der Waals surface area (Å²) in [5, 5.41) is 66.0. The molecule has 1 aliphatic rings. The highest BCUT2D eigenvalue weighted by atomic mass is 16.5. The number of aromatic hydroxyl groups is 6. The number of ketones is 1. The zero-order valence-corrected chi connectivity index (χ0v) is 27.6. The fourth-order valence-electron chi connectivity index (χ4n) is 6.76. The average molecular weight is 681 g/mol. The Morgan fingerprint density at radius 3 is 1.61 bits per heavy atom. The number of para-hydroxylation sites is 2. The Kier molecular flexibility index (Phi) is 8.98. The molecule has 7 rings (SSSR count). The summed E-state index contributed by atoms with van der Waals surface area (Å²) < 4.78 is 6.36. The lowest BCUT2D eigenvalue weighted by Gasteiger charge is -2.30. The van der Waals surface area contributed by atoms with E-state index in [9.17, 15) is 35.4 Å². The molecule has 256 valence electrons. The van der Waals surface area contributed by atoms with Crippen LogP contribution in [0.1, 0.15) is 73.0 Å². The molecule has 0 bridgehead atoms. The molecule has 51 heavy (non-hydrogen) atoms. The van der Waals surface area contributed by atoms with Crippen molar-refractivity contribution in [2.24, 2.45) is 0 Å². The third kappa shape index (κ3) is 6.76. The molecule has 0 saturated carbocycles. The maximum atomic E-state index is 13.7. The maximum absolute atomic E-state index is 13.7. The van der Waals surface area contributed by atoms with Gasteiger partial charge in [0, 0.05) is 36.8 Å². The first kappa shape index (κ1) is 33.1. The lowest BCUT2D eigenvalue weighted by atomic mass is 9.87. The molecule has 0 spiro atoms. The molecular formula is C43H36O8. The number of carbonyl (C=O) groups excluding carboxylic acids is 1. The van der Waals surface area contributed by atoms with Crippen LogP contribution in [0.2, 0.25) is 0 Å². The highest BCUT2D eigenvalue weighted by molar-refractivity contribution is 6.04. The van der Waals surface area contributed by atoms with Gasteiger partial charge >= 0.3 is 0 Å². The zero-order chi connectivity index (χ0) is 35.6. The molecule has 8 nitrogen and oxygen atoms in total. The molecule has 1 unspecified atom stereocenters. The highest BCUT2D eigenvalue weighted by Gasteiger charge is 2.36. The molecule has 1 atom stereocenters. The Bertz CT molecular complexity index is 2260. The molecule has 1 aliphatic heterocycles. The fraction of sp³-hybridized carbons (Fsp3) is 0.140. The summed E-state index contributed by atoms with van der Waals surface area (Å²) in [5.74, 6) is -0.843. The van der Waals surface area contributed by atoms with E-state index in [2.05, 4.69) is 0 Å². The lowest BCUT2D eigenvalue weighted by molar-refractivity contribution is 0.0842. The van der Waals surface area contributed by atoms with Crippen molar-refractivity contribution in [2.75, 3.05) is 0 Å². The van der Waals surface area contributed by atoms with Gasteiger partial charge in [0.2, 0.25) is 0 Å². The normalized spacial score (nSPS) is 13.8. The van der Waals surface area contributed by atoms with E-state index in [4.69, 9.17) is 4.74 Å². The number of hydrogen-bond donors (Lipinski definition) is 6. The number of phenolic OH excluding ortho intramolecular Hbond substituents is 6. The van der Waals surface area contributed by atoms with Crippen LogP contribution in [0, 0.1) is 0 Å². The second-order valence-corrected chi connectivity index (χ2v) is 12.9. The van der Waals surface area contributed by atoms with Crippen LogP contribution in [0.15, 0.2) is 115 Å². The van der Waals surface area contributed by atoms with E-state index >= 15 is 0 Å². The van der Waals surface area contributed by atoms with Crippen LogP contribution in [0.25, 0.3) is 0 Å². The van der Waals surface area contributed by atoms with Crippen LogP contribution in [0.4, 0.5) is 0 Å². The van der Waals surface area contributed by atoms with Crippen LogP contribution in [0.5, 0.6) is 40.2 Å². The molecule has 6 N–H and O–H groups in total. The van der Waals surface area contributed by atoms with Crippen molar-refractivity contribution in [3.8, 4) is 40.2 Å². The third-order valence-electron chi connectivity index (χ3n) is 9.47. The Morgan fingerprint density at radius 1 is 0.510 bits per heavy atom. The number of carbonyl (C=O) groups is 1. The van der Waals surface area contributed by atoms with Gasteiger partial charge in [0.05, 0.1) is 6.42 Å². The van der Waals surface area contributed by atoms with Gasteiger partial charge < -0.3 is 35.4 Å². The van der Waals surface area contributed by atoms with Gasteiger partial charge in [-0.25, -0.2) is 0 Å². The van der Waals surface area contributed by atoms with Crippen LogP contribution < -0.4 is 4.74 Å². The summed E-state index contributed by atoms with van der Waals surface area (Å²) in [6.45, 7) is 0. The minimum absolute atomic E-state index is 0.000239. The van der Waals surface area contributed by atoms with E-state index in [1.165, 1.54) is 12.1 Å². The Balaban J connectivity index is 1.25. The quantitative estimate of drug-likeness (QED) is 0.0901. The Hall–Kier alpha value is -6.41. The van der Waals surface area contributed by atoms with Gasteiger partial charge in [-0.05, 0) is 63.2 Å². The lowest BCUT2D eigenvalue weighted by Crippen LogP contribution is -2.22. The number of hydrogen-bond acceptors (Lipinski definition) is 8. The van der Waals surface area contributed by atoms with Crippen molar-refractivity contribution in [1.29, 1.82) is 0 Å². The number of phenols is 6. The van der Waals surface area contributed by atoms with E-state index in [1.54, 1.807) is 54.6 Å². The topological polar surface area (TPSA) is 148 Å². The number of rotatable bonds is 9. The zero-order valence-electron chi connectivity index (χ0n) is 27.6. The van der Waals surface area contributed by atoms with Crippen molar-refractivity contribution in [3.05, 3.63) is 171 Å². The molecule has 0 amide bonds. The summed E-state index contributed by atoms with van der Waals surface area (Å²) in [7, 11) is 0. The SMILES string of the molecule is O=C1CC(c2ccccc2)Oc2c(Cc3ccccc3O)c(O)c(Cc3cc(Cc4cc(Cc5ccccc5O)ccc4O)ccc3O)c(O)c21. The third-order valence-corrected chi connectivity index (χ3v) is 9.47. The Morgan fingerprint density at radius 2 is 1.00 bits per heavy atom. The molecule has 6 aromatic carbocycles. The van der Waals surface area contributed by atoms with Crippen LogP contribution >= 0.6 is 0 Å². The molecule has 0 fully saturated rings. The fourth-order valence-corrected chi connectivity index (χ4v) is 6.76. The van der Waals surface area contributed by atoms with Crippen molar-refractivity contribution in [2.45, 2.75) is 38.2 Å². The van der Waals surface area contributed by atoms with Gasteiger partial charge in [0.1, 0.15) is 51.9 Å². The minimum Gasteiger partial charge on any atom is -0.508 e. The first-order valence-electron chi connectivity index (χ1n) is 16.7. The first-order chi connectivity index (χ1) is 24.7. The molecule has 6 aromatic rings. The summed E-state index contributed by atoms with van der Waals surface area (Å²) in [6.07, 6.45) is -0.0270. The van der Waals surface area contributed by atoms with Gasteiger partial charge in [-0.2, -0.15) is 0 Å². The molecule has 0 radical (unpaired) electrons. The average Bonchev–Trinajstić information content (AvgIpc) is 3.13. The van der Waals surface area contributed by atoms with E-state index in [0.717, 1.165) is 22.3 Å². The monoisotopic (exact) mass is 680 g/mol. The molecule has 0 aliphatic carbocycles. The van der Waals surface area contributed by atoms with E-state index in [-0.39, 0.29) is 76.2 Å². The second-order valence-electron chi connectivity index (χ2n) is 12.9. The summed E-state index contributed by atoms with van der Waals surface area (Å²) in [4.78, 5) is 13.7. The van der Waals surface area contributed by atoms with Gasteiger partial charge in [-0.1, -0.05) is 91.0 Å². The molecular weight excluding hydrogens is 644 g/mol. The number of ether oxygens (including phenoxy) is 1. The molecule has 0 saturated heterocycles. The second kappa shape index (κ2) is 13.8. The highest BCUT2D eigenvalue weighted by Crippen LogP contribution is 2.50. The van der Waals surface area contributed by atoms with Crippen molar-refractivity contribution in [1.82, 2.24) is 0 Å². The predicted molar refractivity (Wildman–Crippen MR) is 192 cm³/mol. The van der Waals surface area contributed by atoms with E-state index in [1.807, 2.05) is 48.5 Å². The van der Waals surface area contributed by atoms with Gasteiger partial charge in [0.25, 0.3) is 0 Å². The number of fused-ring (bicyclic) bond motifs is 1. The Labute approximate surface area is 294 Å². The van der Waals surface area contributed by atoms with Gasteiger partial charge in [-0.15, -0.1) is 0 Å². The summed E-state index contributed by atoms with van der Waals surface area (Å²) >= 11 is 0. The van der Waals surface area contributed by atoms with Gasteiger partial charge in [0.15, 0.2) is 5.78 Å². The van der Waals surface area contributed by atoms with Crippen LogP contribution in [0.3, 0.4) is 0 Å². The number of Topliss-reactive ketones (excluding diaryl/α,β-unsaturated/α-hetero) is 1. The van der Waals surface area contributed by atoms with Gasteiger partial charge in [-0.3, -0.25) is 4.79 Å². The van der Waals surface area contributed by atoms with Crippen molar-refractivity contribution in [3.63, 3.8) is 0 Å². The van der Waals surface area contributed by atoms with Crippen molar-refractivity contribution >= 4 is 5.78 Å². The van der Waals surface area contributed by atoms with Crippen LogP contribution in [-0.4, -0.2) is 36.4 Å². The number of benzene rings is 6. The largest absolute Gasteiger partial charge is 0.508 e. The van der Waals surface area contributed by atoms with Crippen molar-refractivity contribution < 1.29 is 40.2 Å².